The molecule has 0 saturated carbocycles. The summed E-state index contributed by atoms with van der Waals surface area (Å²) in [6, 6.07) is 8.78. The van der Waals surface area contributed by atoms with Gasteiger partial charge in [-0.2, -0.15) is 0 Å². The molecule has 2 atom stereocenters. The Morgan fingerprint density at radius 3 is 2.65 bits per heavy atom. The molecule has 1 aromatic carbocycles. The Balaban J connectivity index is 1.86. The Labute approximate surface area is 121 Å². The molecular weight excluding hydrogens is 254 g/mol. The molecule has 1 aliphatic rings. The van der Waals surface area contributed by atoms with Crippen LogP contribution in [0.2, 0.25) is 0 Å². The summed E-state index contributed by atoms with van der Waals surface area (Å²) in [6.07, 6.45) is 0.306. The van der Waals surface area contributed by atoms with Crippen LogP contribution in [0.5, 0.6) is 5.75 Å². The average Bonchev–Trinajstić information content (AvgIpc) is 2.46. The molecule has 1 heterocycles. The Kier molecular flexibility index (Phi) is 5.83. The first-order chi connectivity index (χ1) is 9.70. The molecule has 0 amide bonds. The molecule has 1 aromatic rings. The van der Waals surface area contributed by atoms with Crippen LogP contribution in [0.25, 0.3) is 0 Å². The maximum absolute atomic E-state index is 5.66. The van der Waals surface area contributed by atoms with Crippen molar-refractivity contribution in [1.82, 2.24) is 4.90 Å². The summed E-state index contributed by atoms with van der Waals surface area (Å²) in [5, 5.41) is 0. The summed E-state index contributed by atoms with van der Waals surface area (Å²) in [4.78, 5) is 2.47. The molecule has 0 spiro atoms. The van der Waals surface area contributed by atoms with Crippen molar-refractivity contribution in [2.75, 3.05) is 33.5 Å². The van der Waals surface area contributed by atoms with Gasteiger partial charge < -0.3 is 14.2 Å². The monoisotopic (exact) mass is 279 g/mol. The summed E-state index contributed by atoms with van der Waals surface area (Å²) < 4.78 is 16.2. The molecule has 0 aromatic heterocycles. The zero-order valence-electron chi connectivity index (χ0n) is 12.7. The van der Waals surface area contributed by atoms with E-state index < -0.39 is 0 Å². The van der Waals surface area contributed by atoms with Gasteiger partial charge in [0.1, 0.15) is 12.4 Å². The van der Waals surface area contributed by atoms with Crippen LogP contribution in [0.4, 0.5) is 0 Å². The lowest BCUT2D eigenvalue weighted by atomic mass is 10.1. The first kappa shape index (κ1) is 15.3. The average molecular weight is 279 g/mol. The van der Waals surface area contributed by atoms with Gasteiger partial charge in [-0.15, -0.1) is 0 Å². The third-order valence-electron chi connectivity index (χ3n) is 3.88. The Morgan fingerprint density at radius 1 is 1.20 bits per heavy atom. The van der Waals surface area contributed by atoms with E-state index in [1.807, 2.05) is 12.1 Å². The molecule has 0 N–H and O–H groups in total. The molecule has 1 fully saturated rings. The van der Waals surface area contributed by atoms with Gasteiger partial charge in [0.2, 0.25) is 0 Å². The summed E-state index contributed by atoms with van der Waals surface area (Å²) in [5.74, 6) is 0.897. The van der Waals surface area contributed by atoms with Gasteiger partial charge in [0.05, 0.1) is 19.3 Å². The zero-order valence-corrected chi connectivity index (χ0v) is 12.7. The van der Waals surface area contributed by atoms with Crippen molar-refractivity contribution in [1.29, 1.82) is 0 Å². The minimum absolute atomic E-state index is 0.306. The van der Waals surface area contributed by atoms with Crippen LogP contribution in [0, 0.1) is 0 Å². The third-order valence-corrected chi connectivity index (χ3v) is 3.88. The van der Waals surface area contributed by atoms with Crippen molar-refractivity contribution >= 4 is 0 Å². The standard InChI is InChI=1S/C16H25NO3/c1-13-14(2)19-9-8-17(13)12-15-4-6-16(7-5-15)20-11-10-18-3/h4-7,13-14H,8-12H2,1-3H3/t13-,14-/m0/s1. The highest BCUT2D eigenvalue weighted by molar-refractivity contribution is 5.27. The molecular formula is C16H25NO3. The molecule has 0 aliphatic carbocycles. The fourth-order valence-electron chi connectivity index (χ4n) is 2.39. The van der Waals surface area contributed by atoms with Crippen molar-refractivity contribution in [3.63, 3.8) is 0 Å². The van der Waals surface area contributed by atoms with Gasteiger partial charge in [0, 0.05) is 26.2 Å². The van der Waals surface area contributed by atoms with E-state index >= 15 is 0 Å². The molecule has 112 valence electrons. The van der Waals surface area contributed by atoms with E-state index in [1.54, 1.807) is 7.11 Å². The van der Waals surface area contributed by atoms with Crippen LogP contribution in [0.3, 0.4) is 0 Å². The van der Waals surface area contributed by atoms with E-state index in [4.69, 9.17) is 14.2 Å². The van der Waals surface area contributed by atoms with Crippen LogP contribution in [-0.2, 0) is 16.0 Å². The van der Waals surface area contributed by atoms with Crippen LogP contribution < -0.4 is 4.74 Å². The largest absolute Gasteiger partial charge is 0.491 e. The van der Waals surface area contributed by atoms with Crippen molar-refractivity contribution < 1.29 is 14.2 Å². The highest BCUT2D eigenvalue weighted by Gasteiger charge is 2.25. The molecule has 4 heteroatoms. The van der Waals surface area contributed by atoms with Crippen LogP contribution in [0.15, 0.2) is 24.3 Å². The fourth-order valence-corrected chi connectivity index (χ4v) is 2.39. The quantitative estimate of drug-likeness (QED) is 0.748. The van der Waals surface area contributed by atoms with Gasteiger partial charge in [0.15, 0.2) is 0 Å². The highest BCUT2D eigenvalue weighted by Crippen LogP contribution is 2.18. The van der Waals surface area contributed by atoms with E-state index in [-0.39, 0.29) is 0 Å². The number of hydrogen-bond acceptors (Lipinski definition) is 4. The van der Waals surface area contributed by atoms with Crippen LogP contribution in [-0.4, -0.2) is 50.5 Å². The Morgan fingerprint density at radius 2 is 1.95 bits per heavy atom. The van der Waals surface area contributed by atoms with E-state index in [9.17, 15) is 0 Å². The highest BCUT2D eigenvalue weighted by atomic mass is 16.5. The van der Waals surface area contributed by atoms with Crippen molar-refractivity contribution in [3.8, 4) is 5.75 Å². The van der Waals surface area contributed by atoms with Gasteiger partial charge in [-0.3, -0.25) is 4.90 Å². The maximum atomic E-state index is 5.66. The van der Waals surface area contributed by atoms with Gasteiger partial charge in [-0.05, 0) is 31.5 Å². The molecule has 1 saturated heterocycles. The van der Waals surface area contributed by atoms with Crippen LogP contribution in [0.1, 0.15) is 19.4 Å². The molecule has 0 radical (unpaired) electrons. The second-order valence-electron chi connectivity index (χ2n) is 5.27. The van der Waals surface area contributed by atoms with Crippen molar-refractivity contribution in [3.05, 3.63) is 29.8 Å². The second-order valence-corrected chi connectivity index (χ2v) is 5.27. The summed E-state index contributed by atoms with van der Waals surface area (Å²) in [6.45, 7) is 8.36. The van der Waals surface area contributed by atoms with Gasteiger partial charge in [-0.25, -0.2) is 0 Å². The van der Waals surface area contributed by atoms with Gasteiger partial charge in [0.25, 0.3) is 0 Å². The van der Waals surface area contributed by atoms with E-state index in [0.717, 1.165) is 25.4 Å². The Hall–Kier alpha value is -1.10. The predicted octanol–water partition coefficient (Wildman–Crippen LogP) is 2.32. The van der Waals surface area contributed by atoms with Crippen molar-refractivity contribution in [2.45, 2.75) is 32.5 Å². The number of ether oxygens (including phenoxy) is 3. The van der Waals surface area contributed by atoms with E-state index in [2.05, 4.69) is 30.9 Å². The number of hydrogen-bond donors (Lipinski definition) is 0. The minimum Gasteiger partial charge on any atom is -0.491 e. The fraction of sp³-hybridized carbons (Fsp3) is 0.625. The lowest BCUT2D eigenvalue weighted by molar-refractivity contribution is -0.0584. The third kappa shape index (κ3) is 4.20. The first-order valence-electron chi connectivity index (χ1n) is 7.27. The summed E-state index contributed by atoms with van der Waals surface area (Å²) in [5.41, 5.74) is 1.31. The number of nitrogens with zero attached hydrogens (tertiary/aromatic N) is 1. The first-order valence-corrected chi connectivity index (χ1v) is 7.27. The molecule has 20 heavy (non-hydrogen) atoms. The summed E-state index contributed by atoms with van der Waals surface area (Å²) in [7, 11) is 1.68. The SMILES string of the molecule is COCCOc1ccc(CN2CCO[C@@H](C)[C@@H]2C)cc1. The predicted molar refractivity (Wildman–Crippen MR) is 79.1 cm³/mol. The minimum atomic E-state index is 0.306. The number of morpholine rings is 1. The lowest BCUT2D eigenvalue weighted by Crippen LogP contribution is -2.47. The van der Waals surface area contributed by atoms with E-state index in [1.165, 1.54) is 5.56 Å². The van der Waals surface area contributed by atoms with E-state index in [0.29, 0.717) is 25.4 Å². The molecule has 2 rings (SSSR count). The normalized spacial score (nSPS) is 23.8. The topological polar surface area (TPSA) is 30.9 Å². The molecule has 0 bridgehead atoms. The molecule has 1 aliphatic heterocycles. The van der Waals surface area contributed by atoms with Crippen LogP contribution >= 0.6 is 0 Å². The molecule has 4 nitrogen and oxygen atoms in total. The second kappa shape index (κ2) is 7.62. The Bertz CT molecular complexity index is 393. The summed E-state index contributed by atoms with van der Waals surface area (Å²) >= 11 is 0. The smallest absolute Gasteiger partial charge is 0.119 e. The number of methoxy groups -OCH3 is 1. The van der Waals surface area contributed by atoms with Gasteiger partial charge >= 0.3 is 0 Å². The van der Waals surface area contributed by atoms with Crippen molar-refractivity contribution in [2.24, 2.45) is 0 Å². The van der Waals surface area contributed by atoms with Gasteiger partial charge in [-0.1, -0.05) is 12.1 Å². The maximum Gasteiger partial charge on any atom is 0.119 e. The number of rotatable bonds is 6. The zero-order chi connectivity index (χ0) is 14.4. The number of benzene rings is 1. The lowest BCUT2D eigenvalue weighted by Gasteiger charge is -2.37. The molecule has 0 unspecified atom stereocenters.